The van der Waals surface area contributed by atoms with Crippen LogP contribution in [0.4, 0.5) is 27.6 Å². The molecule has 23 heavy (non-hydrogen) atoms. The van der Waals surface area contributed by atoms with Crippen LogP contribution in [0.25, 0.3) is 0 Å². The SMILES string of the molecule is COC1(C(F)(F)F)CC(C(N)=O)N(c2ccc(F)c(F)c2C)C1. The number of anilines is 1. The number of primary amides is 1. The Labute approximate surface area is 129 Å². The third-order valence-electron chi connectivity index (χ3n) is 4.18. The Kier molecular flexibility index (Phi) is 4.27. The number of nitrogens with two attached hydrogens (primary N) is 1. The van der Waals surface area contributed by atoms with Crippen LogP contribution in [-0.4, -0.2) is 37.4 Å². The number of alkyl halides is 3. The van der Waals surface area contributed by atoms with E-state index in [1.165, 1.54) is 6.92 Å². The molecule has 0 saturated carbocycles. The van der Waals surface area contributed by atoms with Gasteiger partial charge in [-0.3, -0.25) is 4.79 Å². The van der Waals surface area contributed by atoms with Crippen LogP contribution < -0.4 is 10.6 Å². The summed E-state index contributed by atoms with van der Waals surface area (Å²) in [5, 5.41) is 0. The quantitative estimate of drug-likeness (QED) is 0.861. The summed E-state index contributed by atoms with van der Waals surface area (Å²) in [5.74, 6) is -3.32. The van der Waals surface area contributed by atoms with Gasteiger partial charge in [-0.1, -0.05) is 0 Å². The normalized spacial score (nSPS) is 25.0. The minimum atomic E-state index is -4.75. The number of hydrogen-bond acceptors (Lipinski definition) is 3. The lowest BCUT2D eigenvalue weighted by Gasteiger charge is -2.31. The fourth-order valence-corrected chi connectivity index (χ4v) is 2.80. The van der Waals surface area contributed by atoms with Crippen LogP contribution in [0.5, 0.6) is 0 Å². The fraction of sp³-hybridized carbons (Fsp3) is 0.500. The van der Waals surface area contributed by atoms with E-state index in [4.69, 9.17) is 5.73 Å². The number of rotatable bonds is 3. The Morgan fingerprint density at radius 1 is 1.39 bits per heavy atom. The molecule has 2 N–H and O–H groups in total. The van der Waals surface area contributed by atoms with Gasteiger partial charge in [-0.05, 0) is 19.1 Å². The fourth-order valence-electron chi connectivity index (χ4n) is 2.80. The Hall–Kier alpha value is -1.90. The second-order valence-corrected chi connectivity index (χ2v) is 5.45. The molecule has 1 aromatic carbocycles. The summed E-state index contributed by atoms with van der Waals surface area (Å²) in [6.07, 6.45) is -5.47. The molecule has 128 valence electrons. The van der Waals surface area contributed by atoms with Crippen LogP contribution in [0.1, 0.15) is 12.0 Å². The van der Waals surface area contributed by atoms with Gasteiger partial charge in [0.1, 0.15) is 6.04 Å². The molecule has 1 aromatic rings. The van der Waals surface area contributed by atoms with Crippen molar-refractivity contribution in [3.05, 3.63) is 29.3 Å². The van der Waals surface area contributed by atoms with Gasteiger partial charge < -0.3 is 15.4 Å². The molecular weight excluding hydrogens is 323 g/mol. The standard InChI is InChI=1S/C14H15F5N2O2/c1-7-9(4-3-8(15)11(7)16)21-6-13(23-2,14(17,18)19)5-10(21)12(20)22/h3-4,10H,5-6H2,1-2H3,(H2,20,22). The highest BCUT2D eigenvalue weighted by Crippen LogP contribution is 2.45. The van der Waals surface area contributed by atoms with Crippen molar-refractivity contribution in [3.8, 4) is 0 Å². The highest BCUT2D eigenvalue weighted by atomic mass is 19.4. The molecule has 0 aliphatic carbocycles. The molecule has 0 spiro atoms. The van der Waals surface area contributed by atoms with Gasteiger partial charge in [0.25, 0.3) is 0 Å². The van der Waals surface area contributed by atoms with Crippen LogP contribution in [0.2, 0.25) is 0 Å². The number of carbonyl (C=O) groups is 1. The van der Waals surface area contributed by atoms with Crippen molar-refractivity contribution in [2.24, 2.45) is 5.73 Å². The van der Waals surface area contributed by atoms with Crippen molar-refractivity contribution in [2.75, 3.05) is 18.6 Å². The predicted octanol–water partition coefficient (Wildman–Crippen LogP) is 2.28. The summed E-state index contributed by atoms with van der Waals surface area (Å²) >= 11 is 0. The molecule has 2 rings (SSSR count). The van der Waals surface area contributed by atoms with Crippen molar-refractivity contribution in [2.45, 2.75) is 31.2 Å². The molecule has 0 aromatic heterocycles. The molecule has 9 heteroatoms. The molecule has 2 atom stereocenters. The summed E-state index contributed by atoms with van der Waals surface area (Å²) < 4.78 is 71.6. The number of benzene rings is 1. The Morgan fingerprint density at radius 2 is 2.00 bits per heavy atom. The van der Waals surface area contributed by atoms with Gasteiger partial charge in [0, 0.05) is 24.8 Å². The van der Waals surface area contributed by atoms with E-state index in [-0.39, 0.29) is 11.3 Å². The van der Waals surface area contributed by atoms with Crippen molar-refractivity contribution in [1.82, 2.24) is 0 Å². The van der Waals surface area contributed by atoms with Crippen LogP contribution in [0.3, 0.4) is 0 Å². The molecule has 0 bridgehead atoms. The van der Waals surface area contributed by atoms with Gasteiger partial charge in [0.2, 0.25) is 5.91 Å². The maximum atomic E-state index is 13.7. The van der Waals surface area contributed by atoms with Gasteiger partial charge >= 0.3 is 6.18 Å². The van der Waals surface area contributed by atoms with Gasteiger partial charge in [-0.25, -0.2) is 8.78 Å². The first kappa shape index (κ1) is 17.5. The Balaban J connectivity index is 2.53. The Bertz CT molecular complexity index is 634. The molecule has 0 radical (unpaired) electrons. The lowest BCUT2D eigenvalue weighted by Crippen LogP contribution is -2.49. The summed E-state index contributed by atoms with van der Waals surface area (Å²) in [6.45, 7) is 0.471. The average molecular weight is 338 g/mol. The second kappa shape index (κ2) is 5.63. The Morgan fingerprint density at radius 3 is 2.48 bits per heavy atom. The van der Waals surface area contributed by atoms with E-state index in [0.717, 1.165) is 24.1 Å². The molecule has 1 amide bonds. The lowest BCUT2D eigenvalue weighted by atomic mass is 9.99. The lowest BCUT2D eigenvalue weighted by molar-refractivity contribution is -0.261. The number of carbonyl (C=O) groups excluding carboxylic acids is 1. The average Bonchev–Trinajstić information content (AvgIpc) is 2.86. The number of nitrogens with zero attached hydrogens (tertiary/aromatic N) is 1. The van der Waals surface area contributed by atoms with Crippen molar-refractivity contribution in [3.63, 3.8) is 0 Å². The van der Waals surface area contributed by atoms with E-state index in [0.29, 0.717) is 0 Å². The van der Waals surface area contributed by atoms with E-state index >= 15 is 0 Å². The van der Waals surface area contributed by atoms with Crippen molar-refractivity contribution >= 4 is 11.6 Å². The van der Waals surface area contributed by atoms with E-state index < -0.39 is 48.3 Å². The topological polar surface area (TPSA) is 55.6 Å². The predicted molar refractivity (Wildman–Crippen MR) is 71.8 cm³/mol. The van der Waals surface area contributed by atoms with E-state index in [1.54, 1.807) is 0 Å². The first-order chi connectivity index (χ1) is 10.5. The summed E-state index contributed by atoms with van der Waals surface area (Å²) in [7, 11) is 0.882. The second-order valence-electron chi connectivity index (χ2n) is 5.45. The van der Waals surface area contributed by atoms with Crippen LogP contribution in [-0.2, 0) is 9.53 Å². The zero-order valence-electron chi connectivity index (χ0n) is 12.4. The first-order valence-corrected chi connectivity index (χ1v) is 6.66. The molecule has 4 nitrogen and oxygen atoms in total. The number of ether oxygens (including phenoxy) is 1. The number of hydrogen-bond donors (Lipinski definition) is 1. The van der Waals surface area contributed by atoms with E-state index in [9.17, 15) is 26.7 Å². The van der Waals surface area contributed by atoms with Gasteiger partial charge in [0.15, 0.2) is 17.2 Å². The molecule has 2 unspecified atom stereocenters. The van der Waals surface area contributed by atoms with E-state index in [2.05, 4.69) is 4.74 Å². The number of methoxy groups -OCH3 is 1. The summed E-state index contributed by atoms with van der Waals surface area (Å²) in [6, 6.07) is 0.558. The summed E-state index contributed by atoms with van der Waals surface area (Å²) in [4.78, 5) is 12.6. The first-order valence-electron chi connectivity index (χ1n) is 6.66. The zero-order chi connectivity index (χ0) is 17.6. The highest BCUT2D eigenvalue weighted by molar-refractivity contribution is 5.85. The molecule has 1 aliphatic rings. The maximum Gasteiger partial charge on any atom is 0.419 e. The molecule has 1 fully saturated rings. The highest BCUT2D eigenvalue weighted by Gasteiger charge is 2.62. The van der Waals surface area contributed by atoms with Gasteiger partial charge in [-0.15, -0.1) is 0 Å². The largest absolute Gasteiger partial charge is 0.419 e. The van der Waals surface area contributed by atoms with Crippen molar-refractivity contribution < 1.29 is 31.5 Å². The van der Waals surface area contributed by atoms with Gasteiger partial charge in [0.05, 0.1) is 6.54 Å². The summed E-state index contributed by atoms with van der Waals surface area (Å²) in [5.41, 5.74) is 2.35. The minimum Gasteiger partial charge on any atom is -0.368 e. The smallest absolute Gasteiger partial charge is 0.368 e. The van der Waals surface area contributed by atoms with Crippen LogP contribution in [0, 0.1) is 18.6 Å². The molecule has 1 aliphatic heterocycles. The third-order valence-corrected chi connectivity index (χ3v) is 4.18. The molecule has 1 saturated heterocycles. The molecular formula is C14H15F5N2O2. The van der Waals surface area contributed by atoms with Crippen LogP contribution in [0.15, 0.2) is 12.1 Å². The maximum absolute atomic E-state index is 13.7. The van der Waals surface area contributed by atoms with E-state index in [1.807, 2.05) is 0 Å². The number of amides is 1. The molecule has 1 heterocycles. The monoisotopic (exact) mass is 338 g/mol. The van der Waals surface area contributed by atoms with Gasteiger partial charge in [-0.2, -0.15) is 13.2 Å². The number of halogens is 5. The third kappa shape index (κ3) is 2.73. The zero-order valence-corrected chi connectivity index (χ0v) is 12.4. The minimum absolute atomic E-state index is 0.0316. The van der Waals surface area contributed by atoms with Crippen molar-refractivity contribution in [1.29, 1.82) is 0 Å². The van der Waals surface area contributed by atoms with Crippen LogP contribution >= 0.6 is 0 Å².